The number of imidazole rings is 1. The van der Waals surface area contributed by atoms with Gasteiger partial charge in [-0.2, -0.15) is 0 Å². The zero-order chi connectivity index (χ0) is 19.9. The number of fused-ring (bicyclic) bond motifs is 1. The third-order valence-electron chi connectivity index (χ3n) is 3.82. The maximum absolute atomic E-state index is 12.5. The molecule has 0 radical (unpaired) electrons. The average Bonchev–Trinajstić information content (AvgIpc) is 2.94. The number of pyridine rings is 2. The van der Waals surface area contributed by atoms with E-state index in [-0.39, 0.29) is 5.82 Å². The normalized spacial score (nSPS) is 11.6. The average molecular weight is 389 g/mol. The molecular weight excluding hydrogens is 368 g/mol. The quantitative estimate of drug-likeness (QED) is 0.673. The van der Waals surface area contributed by atoms with Gasteiger partial charge in [-0.05, 0) is 32.9 Å². The van der Waals surface area contributed by atoms with Gasteiger partial charge in [0.05, 0.1) is 23.1 Å². The highest BCUT2D eigenvalue weighted by Gasteiger charge is 2.26. The van der Waals surface area contributed by atoms with Crippen molar-refractivity contribution in [3.63, 3.8) is 0 Å². The van der Waals surface area contributed by atoms with E-state index in [0.717, 1.165) is 0 Å². The Morgan fingerprint density at radius 1 is 1.30 bits per heavy atom. The second kappa shape index (κ2) is 6.70. The maximum Gasteiger partial charge on any atom is 0.415 e. The number of nitrogens with zero attached hydrogens (tertiary/aromatic N) is 5. The van der Waals surface area contributed by atoms with Crippen LogP contribution < -0.4 is 10.6 Å². The molecule has 3 aromatic heterocycles. The second-order valence-electron chi connectivity index (χ2n) is 7.13. The fraction of sp³-hybridized carbons (Fsp3) is 0.333. The van der Waals surface area contributed by atoms with Crippen LogP contribution in [0.15, 0.2) is 24.5 Å². The Bertz CT molecular complexity index is 1020. The van der Waals surface area contributed by atoms with Crippen molar-refractivity contribution >= 4 is 40.4 Å². The minimum absolute atomic E-state index is 0.214. The molecule has 3 heterocycles. The lowest BCUT2D eigenvalue weighted by atomic mass is 10.1. The highest BCUT2D eigenvalue weighted by atomic mass is 35.5. The summed E-state index contributed by atoms with van der Waals surface area (Å²) >= 11 is 6.03. The summed E-state index contributed by atoms with van der Waals surface area (Å²) in [4.78, 5) is 26.9. The second-order valence-corrected chi connectivity index (χ2v) is 7.52. The molecular formula is C18H21ClN6O2. The first-order valence-corrected chi connectivity index (χ1v) is 8.66. The van der Waals surface area contributed by atoms with Crippen LogP contribution in [0, 0.1) is 0 Å². The Morgan fingerprint density at radius 3 is 2.63 bits per heavy atom. The van der Waals surface area contributed by atoms with E-state index in [1.54, 1.807) is 56.9 Å². The smallest absolute Gasteiger partial charge is 0.415 e. The molecule has 9 heteroatoms. The van der Waals surface area contributed by atoms with E-state index < -0.39 is 11.7 Å². The lowest BCUT2D eigenvalue weighted by Gasteiger charge is -2.24. The Kier molecular flexibility index (Phi) is 4.69. The molecule has 2 N–H and O–H groups in total. The SMILES string of the molecule is CN(C(=O)OC(C)(C)C)c1nc(N)c(-c2cccc(Cl)n2)c2c1ncn2C. The minimum Gasteiger partial charge on any atom is -0.443 e. The third kappa shape index (κ3) is 3.66. The van der Waals surface area contributed by atoms with E-state index >= 15 is 0 Å². The van der Waals surface area contributed by atoms with Crippen molar-refractivity contribution in [2.75, 3.05) is 17.7 Å². The van der Waals surface area contributed by atoms with E-state index in [9.17, 15) is 4.79 Å². The number of amides is 1. The van der Waals surface area contributed by atoms with Gasteiger partial charge in [-0.25, -0.2) is 19.7 Å². The van der Waals surface area contributed by atoms with Crippen molar-refractivity contribution in [3.05, 3.63) is 29.7 Å². The Hall–Kier alpha value is -2.87. The molecule has 0 bridgehead atoms. The van der Waals surface area contributed by atoms with Gasteiger partial charge in [0.1, 0.15) is 22.1 Å². The molecule has 0 aliphatic carbocycles. The highest BCUT2D eigenvalue weighted by molar-refractivity contribution is 6.29. The lowest BCUT2D eigenvalue weighted by Crippen LogP contribution is -2.34. The number of nitrogen functional groups attached to an aromatic ring is 1. The van der Waals surface area contributed by atoms with Crippen LogP contribution in [-0.2, 0) is 11.8 Å². The number of rotatable bonds is 2. The van der Waals surface area contributed by atoms with Gasteiger partial charge in [0.25, 0.3) is 0 Å². The first-order chi connectivity index (χ1) is 12.6. The van der Waals surface area contributed by atoms with Crippen LogP contribution in [0.3, 0.4) is 0 Å². The van der Waals surface area contributed by atoms with Gasteiger partial charge in [0.15, 0.2) is 5.82 Å². The summed E-state index contributed by atoms with van der Waals surface area (Å²) in [7, 11) is 3.40. The molecule has 3 rings (SSSR count). The Balaban J connectivity index is 2.19. The fourth-order valence-corrected chi connectivity index (χ4v) is 2.85. The summed E-state index contributed by atoms with van der Waals surface area (Å²) in [6, 6.07) is 5.26. The van der Waals surface area contributed by atoms with Crippen molar-refractivity contribution < 1.29 is 9.53 Å². The predicted molar refractivity (Wildman–Crippen MR) is 106 cm³/mol. The topological polar surface area (TPSA) is 99.2 Å². The predicted octanol–water partition coefficient (Wildman–Crippen LogP) is 3.64. The van der Waals surface area contributed by atoms with Crippen LogP contribution in [0.5, 0.6) is 0 Å². The molecule has 0 saturated heterocycles. The van der Waals surface area contributed by atoms with E-state index in [1.165, 1.54) is 4.90 Å². The Morgan fingerprint density at radius 2 is 2.00 bits per heavy atom. The Labute approximate surface area is 161 Å². The number of nitrogens with two attached hydrogens (primary N) is 1. The number of hydrogen-bond acceptors (Lipinski definition) is 6. The molecule has 142 valence electrons. The van der Waals surface area contributed by atoms with Crippen LogP contribution in [-0.4, -0.2) is 38.3 Å². The summed E-state index contributed by atoms with van der Waals surface area (Å²) in [6.07, 6.45) is 1.08. The molecule has 0 unspecified atom stereocenters. The molecule has 0 fully saturated rings. The van der Waals surface area contributed by atoms with Gasteiger partial charge >= 0.3 is 6.09 Å². The van der Waals surface area contributed by atoms with Crippen LogP contribution in [0.2, 0.25) is 5.15 Å². The first-order valence-electron chi connectivity index (χ1n) is 8.28. The van der Waals surface area contributed by atoms with Crippen molar-refractivity contribution in [1.82, 2.24) is 19.5 Å². The number of anilines is 2. The van der Waals surface area contributed by atoms with Crippen molar-refractivity contribution in [2.45, 2.75) is 26.4 Å². The zero-order valence-electron chi connectivity index (χ0n) is 15.8. The summed E-state index contributed by atoms with van der Waals surface area (Å²) in [5, 5.41) is 0.345. The highest BCUT2D eigenvalue weighted by Crippen LogP contribution is 2.36. The number of halogens is 1. The molecule has 1 amide bonds. The lowest BCUT2D eigenvalue weighted by molar-refractivity contribution is 0.0588. The molecule has 3 aromatic rings. The van der Waals surface area contributed by atoms with Gasteiger partial charge in [0, 0.05) is 14.1 Å². The van der Waals surface area contributed by atoms with Gasteiger partial charge in [-0.3, -0.25) is 4.90 Å². The molecule has 0 aliphatic heterocycles. The van der Waals surface area contributed by atoms with Crippen molar-refractivity contribution in [3.8, 4) is 11.3 Å². The molecule has 27 heavy (non-hydrogen) atoms. The van der Waals surface area contributed by atoms with Crippen LogP contribution >= 0.6 is 11.6 Å². The molecule has 0 atom stereocenters. The fourth-order valence-electron chi connectivity index (χ4n) is 2.68. The van der Waals surface area contributed by atoms with Gasteiger partial charge in [-0.15, -0.1) is 0 Å². The molecule has 0 saturated carbocycles. The number of carbonyl (C=O) groups is 1. The van der Waals surface area contributed by atoms with Gasteiger partial charge < -0.3 is 15.0 Å². The summed E-state index contributed by atoms with van der Waals surface area (Å²) in [5.74, 6) is 0.523. The van der Waals surface area contributed by atoms with Gasteiger partial charge in [-0.1, -0.05) is 17.7 Å². The van der Waals surface area contributed by atoms with Crippen molar-refractivity contribution in [1.29, 1.82) is 0 Å². The molecule has 0 aromatic carbocycles. The first kappa shape index (κ1) is 18.9. The number of carbonyl (C=O) groups excluding carboxylic acids is 1. The van der Waals surface area contributed by atoms with Crippen LogP contribution in [0.25, 0.3) is 22.3 Å². The third-order valence-corrected chi connectivity index (χ3v) is 4.03. The number of ether oxygens (including phenoxy) is 1. The van der Waals surface area contributed by atoms with Gasteiger partial charge in [0.2, 0.25) is 0 Å². The van der Waals surface area contributed by atoms with E-state index in [2.05, 4.69) is 15.0 Å². The molecule has 0 aliphatic rings. The monoisotopic (exact) mass is 388 g/mol. The summed E-state index contributed by atoms with van der Waals surface area (Å²) in [6.45, 7) is 5.39. The van der Waals surface area contributed by atoms with E-state index in [4.69, 9.17) is 22.1 Å². The number of aromatic nitrogens is 4. The standard InChI is InChI=1S/C18H21ClN6O2/c1-18(2,3)27-17(26)25(5)16-13-14(24(4)9-21-13)12(15(20)23-16)10-7-6-8-11(19)22-10/h6-9H,1-5H3,(H2,20,23). The maximum atomic E-state index is 12.5. The van der Waals surface area contributed by atoms with Crippen LogP contribution in [0.1, 0.15) is 20.8 Å². The summed E-state index contributed by atoms with van der Waals surface area (Å²) < 4.78 is 7.23. The van der Waals surface area contributed by atoms with Crippen LogP contribution in [0.4, 0.5) is 16.4 Å². The van der Waals surface area contributed by atoms with E-state index in [1.807, 2.05) is 7.05 Å². The number of aryl methyl sites for hydroxylation is 1. The molecule has 8 nitrogen and oxygen atoms in total. The zero-order valence-corrected chi connectivity index (χ0v) is 16.6. The number of hydrogen-bond donors (Lipinski definition) is 1. The minimum atomic E-state index is -0.634. The van der Waals surface area contributed by atoms with Crippen molar-refractivity contribution in [2.24, 2.45) is 7.05 Å². The largest absolute Gasteiger partial charge is 0.443 e. The molecule has 0 spiro atoms. The summed E-state index contributed by atoms with van der Waals surface area (Å²) in [5.41, 5.74) is 8.00. The van der Waals surface area contributed by atoms with E-state index in [0.29, 0.717) is 33.3 Å².